The predicted octanol–water partition coefficient (Wildman–Crippen LogP) is 2.82. The van der Waals surface area contributed by atoms with Crippen LogP contribution < -0.4 is 0 Å². The first-order valence-corrected chi connectivity index (χ1v) is 7.41. The van der Waals surface area contributed by atoms with E-state index in [1.54, 1.807) is 0 Å². The number of rotatable bonds is 0. The van der Waals surface area contributed by atoms with Crippen LogP contribution in [0, 0.1) is 23.7 Å². The van der Waals surface area contributed by atoms with E-state index < -0.39 is 11.7 Å². The molecule has 0 aromatic heterocycles. The predicted molar refractivity (Wildman–Crippen MR) is 70.4 cm³/mol. The van der Waals surface area contributed by atoms with Crippen molar-refractivity contribution >= 4 is 12.0 Å². The summed E-state index contributed by atoms with van der Waals surface area (Å²) in [6, 6.07) is 0. The van der Waals surface area contributed by atoms with Crippen molar-refractivity contribution in [3.8, 4) is 0 Å². The van der Waals surface area contributed by atoms with Crippen LogP contribution in [0.15, 0.2) is 0 Å². The fraction of sp³-hybridized carbons (Fsp3) is 0.867. The van der Waals surface area contributed by atoms with Gasteiger partial charge in [-0.3, -0.25) is 4.79 Å². The zero-order valence-electron chi connectivity index (χ0n) is 12.0. The van der Waals surface area contributed by atoms with Crippen molar-refractivity contribution in [2.24, 2.45) is 23.7 Å². The highest BCUT2D eigenvalue weighted by Gasteiger charge is 2.54. The summed E-state index contributed by atoms with van der Waals surface area (Å²) < 4.78 is 5.36. The van der Waals surface area contributed by atoms with Crippen LogP contribution in [-0.4, -0.2) is 29.0 Å². The maximum Gasteiger partial charge on any atom is 0.417 e. The Morgan fingerprint density at radius 2 is 1.74 bits per heavy atom. The molecule has 1 aliphatic heterocycles. The first kappa shape index (κ1) is 12.9. The normalized spacial score (nSPS) is 37.4. The van der Waals surface area contributed by atoms with E-state index in [2.05, 4.69) is 0 Å². The van der Waals surface area contributed by atoms with Gasteiger partial charge in [-0.25, -0.2) is 9.69 Å². The van der Waals surface area contributed by atoms with Crippen LogP contribution in [0.4, 0.5) is 4.79 Å². The van der Waals surface area contributed by atoms with Crippen LogP contribution >= 0.6 is 0 Å². The molecule has 2 atom stereocenters. The van der Waals surface area contributed by atoms with Crippen LogP contribution in [0.2, 0.25) is 0 Å². The Kier molecular flexibility index (Phi) is 2.88. The number of ether oxygens (including phenoxy) is 1. The second-order valence-electron chi connectivity index (χ2n) is 7.29. The average Bonchev–Trinajstić information content (AvgIpc) is 2.69. The van der Waals surface area contributed by atoms with E-state index in [-0.39, 0.29) is 11.8 Å². The summed E-state index contributed by atoms with van der Waals surface area (Å²) in [4.78, 5) is 26.0. The van der Waals surface area contributed by atoms with Gasteiger partial charge >= 0.3 is 6.09 Å². The SMILES string of the molecule is CC(C)(C)OC(=O)N1CC2C3CCC(CC3)C2C1=O. The minimum atomic E-state index is -0.538. The van der Waals surface area contributed by atoms with Gasteiger partial charge in [0, 0.05) is 12.5 Å². The molecule has 3 saturated carbocycles. The maximum absolute atomic E-state index is 12.5. The Balaban J connectivity index is 1.76. The number of hydrogen-bond donors (Lipinski definition) is 0. The second-order valence-corrected chi connectivity index (χ2v) is 7.29. The van der Waals surface area contributed by atoms with Gasteiger partial charge in [0.15, 0.2) is 0 Å². The zero-order chi connectivity index (χ0) is 13.8. The summed E-state index contributed by atoms with van der Waals surface area (Å²) >= 11 is 0. The lowest BCUT2D eigenvalue weighted by molar-refractivity contribution is -0.134. The molecule has 1 saturated heterocycles. The summed E-state index contributed by atoms with van der Waals surface area (Å²) in [7, 11) is 0. The molecule has 19 heavy (non-hydrogen) atoms. The van der Waals surface area contributed by atoms with Gasteiger partial charge in [-0.1, -0.05) is 0 Å². The third-order valence-electron chi connectivity index (χ3n) is 4.95. The minimum Gasteiger partial charge on any atom is -0.443 e. The number of carbonyl (C=O) groups excluding carboxylic acids is 2. The van der Waals surface area contributed by atoms with Crippen LogP contribution in [-0.2, 0) is 9.53 Å². The number of fused-ring (bicyclic) bond motifs is 2. The number of amides is 2. The lowest BCUT2D eigenvalue weighted by Gasteiger charge is -2.43. The molecule has 0 aromatic carbocycles. The summed E-state index contributed by atoms with van der Waals surface area (Å²) in [6.45, 7) is 6.09. The molecule has 2 unspecified atom stereocenters. The van der Waals surface area contributed by atoms with Gasteiger partial charge in [0.05, 0.1) is 0 Å². The van der Waals surface area contributed by atoms with E-state index in [9.17, 15) is 9.59 Å². The summed E-state index contributed by atoms with van der Waals surface area (Å²) in [5.74, 6) is 1.67. The fourth-order valence-electron chi connectivity index (χ4n) is 4.18. The Labute approximate surface area is 114 Å². The van der Waals surface area contributed by atoms with Gasteiger partial charge in [-0.15, -0.1) is 0 Å². The van der Waals surface area contributed by atoms with Gasteiger partial charge < -0.3 is 4.74 Å². The summed E-state index contributed by atoms with van der Waals surface area (Å²) in [5, 5.41) is 0. The number of hydrogen-bond acceptors (Lipinski definition) is 3. The Morgan fingerprint density at radius 1 is 1.16 bits per heavy atom. The Bertz CT molecular complexity index is 404. The highest BCUT2D eigenvalue weighted by molar-refractivity contribution is 5.95. The van der Waals surface area contributed by atoms with Crippen molar-refractivity contribution in [2.45, 2.75) is 52.1 Å². The molecule has 4 heteroatoms. The van der Waals surface area contributed by atoms with Gasteiger partial charge in [-0.05, 0) is 64.2 Å². The monoisotopic (exact) mass is 265 g/mol. The molecule has 4 aliphatic rings. The lowest BCUT2D eigenvalue weighted by atomic mass is 9.60. The van der Waals surface area contributed by atoms with Gasteiger partial charge in [-0.2, -0.15) is 0 Å². The van der Waals surface area contributed by atoms with Crippen molar-refractivity contribution in [1.82, 2.24) is 4.90 Å². The quantitative estimate of drug-likeness (QED) is 0.676. The highest BCUT2D eigenvalue weighted by atomic mass is 16.6. The number of imide groups is 1. The molecule has 4 nitrogen and oxygen atoms in total. The molecule has 2 amide bonds. The van der Waals surface area contributed by atoms with Crippen LogP contribution in [0.1, 0.15) is 46.5 Å². The zero-order valence-corrected chi connectivity index (χ0v) is 12.0. The Morgan fingerprint density at radius 3 is 2.26 bits per heavy atom. The lowest BCUT2D eigenvalue weighted by Crippen LogP contribution is -2.41. The third kappa shape index (κ3) is 2.15. The molecule has 4 fully saturated rings. The summed E-state index contributed by atoms with van der Waals surface area (Å²) in [6.07, 6.45) is 4.36. The average molecular weight is 265 g/mol. The second kappa shape index (κ2) is 4.22. The van der Waals surface area contributed by atoms with Gasteiger partial charge in [0.2, 0.25) is 5.91 Å². The van der Waals surface area contributed by atoms with E-state index in [1.165, 1.54) is 30.6 Å². The fourth-order valence-corrected chi connectivity index (χ4v) is 4.18. The number of carbonyl (C=O) groups is 2. The first-order chi connectivity index (χ1) is 8.87. The highest BCUT2D eigenvalue weighted by Crippen LogP contribution is 2.52. The molecule has 2 bridgehead atoms. The molecule has 0 aromatic rings. The van der Waals surface area contributed by atoms with Crippen molar-refractivity contribution in [3.63, 3.8) is 0 Å². The van der Waals surface area contributed by atoms with E-state index in [0.717, 1.165) is 0 Å². The van der Waals surface area contributed by atoms with Crippen LogP contribution in [0.25, 0.3) is 0 Å². The molecule has 106 valence electrons. The minimum absolute atomic E-state index is 0.0219. The van der Waals surface area contributed by atoms with Crippen molar-refractivity contribution in [3.05, 3.63) is 0 Å². The van der Waals surface area contributed by atoms with Crippen molar-refractivity contribution in [1.29, 1.82) is 0 Å². The molecule has 1 heterocycles. The van der Waals surface area contributed by atoms with E-state index in [0.29, 0.717) is 24.3 Å². The maximum atomic E-state index is 12.5. The van der Waals surface area contributed by atoms with Crippen LogP contribution in [0.3, 0.4) is 0 Å². The van der Waals surface area contributed by atoms with Crippen LogP contribution in [0.5, 0.6) is 0 Å². The molecule has 0 radical (unpaired) electrons. The van der Waals surface area contributed by atoms with Crippen molar-refractivity contribution in [2.75, 3.05) is 6.54 Å². The molecular formula is C15H23NO3. The largest absolute Gasteiger partial charge is 0.443 e. The first-order valence-electron chi connectivity index (χ1n) is 7.41. The topological polar surface area (TPSA) is 46.6 Å². The summed E-state index contributed by atoms with van der Waals surface area (Å²) in [5.41, 5.74) is -0.538. The van der Waals surface area contributed by atoms with E-state index in [1.807, 2.05) is 20.8 Å². The molecule has 0 N–H and O–H groups in total. The van der Waals surface area contributed by atoms with E-state index in [4.69, 9.17) is 4.74 Å². The smallest absolute Gasteiger partial charge is 0.417 e. The number of likely N-dealkylation sites (tertiary alicyclic amines) is 1. The standard InChI is InChI=1S/C15H23NO3/c1-15(2,3)19-14(18)16-8-11-9-4-6-10(7-5-9)12(11)13(16)17/h9-12H,4-8H2,1-3H3. The molecule has 4 rings (SSSR count). The molecule has 3 aliphatic carbocycles. The number of nitrogens with zero attached hydrogens (tertiary/aromatic N) is 1. The van der Waals surface area contributed by atoms with Crippen molar-refractivity contribution < 1.29 is 14.3 Å². The third-order valence-corrected chi connectivity index (χ3v) is 4.95. The molecule has 0 spiro atoms. The van der Waals surface area contributed by atoms with Gasteiger partial charge in [0.1, 0.15) is 5.60 Å². The van der Waals surface area contributed by atoms with Gasteiger partial charge in [0.25, 0.3) is 0 Å². The molecular weight excluding hydrogens is 242 g/mol. The van der Waals surface area contributed by atoms with E-state index >= 15 is 0 Å². The Hall–Kier alpha value is -1.06.